The molecule has 1 aromatic carbocycles. The zero-order valence-electron chi connectivity index (χ0n) is 12.5. The number of nitro groups is 1. The molecule has 24 heavy (non-hydrogen) atoms. The van der Waals surface area contributed by atoms with E-state index in [2.05, 4.69) is 10.3 Å². The molecular weight excluding hydrogens is 317 g/mol. The molecule has 0 spiro atoms. The maximum absolute atomic E-state index is 14.0. The number of ether oxygens (including phenoxy) is 1. The number of nitrogens with zero attached hydrogens (tertiary/aromatic N) is 2. The number of anilines is 1. The van der Waals surface area contributed by atoms with Crippen molar-refractivity contribution in [2.45, 2.75) is 19.1 Å². The zero-order valence-corrected chi connectivity index (χ0v) is 12.5. The second-order valence-corrected chi connectivity index (χ2v) is 5.44. The van der Waals surface area contributed by atoms with E-state index in [-0.39, 0.29) is 24.5 Å². The van der Waals surface area contributed by atoms with Crippen LogP contribution in [0, 0.1) is 21.8 Å². The number of benzene rings is 1. The van der Waals surface area contributed by atoms with Crippen LogP contribution in [-0.2, 0) is 11.4 Å². The third-order valence-corrected chi connectivity index (χ3v) is 3.67. The highest BCUT2D eigenvalue weighted by atomic mass is 19.1. The molecule has 0 radical (unpaired) electrons. The van der Waals surface area contributed by atoms with E-state index in [1.165, 1.54) is 12.1 Å². The van der Waals surface area contributed by atoms with Gasteiger partial charge in [0.05, 0.1) is 5.69 Å². The maximum Gasteiger partial charge on any atom is 0.234 e. The van der Waals surface area contributed by atoms with Crippen LogP contribution in [0.4, 0.5) is 10.1 Å². The van der Waals surface area contributed by atoms with Gasteiger partial charge in [-0.05, 0) is 24.3 Å². The van der Waals surface area contributed by atoms with Crippen molar-refractivity contribution in [3.8, 4) is 5.75 Å². The van der Waals surface area contributed by atoms with Gasteiger partial charge >= 0.3 is 0 Å². The number of rotatable bonds is 6. The second-order valence-electron chi connectivity index (χ2n) is 5.44. The summed E-state index contributed by atoms with van der Waals surface area (Å²) >= 11 is 0. The monoisotopic (exact) mass is 331 g/mol. The standard InChI is InChI=1S/C16H14FN3O4/c17-13-7-10(19-16(21)12-8-14(12)20(22)23)4-5-15(13)24-9-11-3-1-2-6-18-11/h1-7,12,14H,8-9H2,(H,19,21)/t12-,14-/m1/s1. The van der Waals surface area contributed by atoms with Crippen molar-refractivity contribution < 1.29 is 18.8 Å². The lowest BCUT2D eigenvalue weighted by Gasteiger charge is -2.09. The van der Waals surface area contributed by atoms with E-state index in [9.17, 15) is 19.3 Å². The molecule has 0 aliphatic heterocycles. The predicted molar refractivity (Wildman–Crippen MR) is 82.5 cm³/mol. The number of carbonyl (C=O) groups excluding carboxylic acids is 1. The fourth-order valence-electron chi connectivity index (χ4n) is 2.26. The molecule has 1 N–H and O–H groups in total. The minimum Gasteiger partial charge on any atom is -0.484 e. The Labute approximate surface area is 136 Å². The van der Waals surface area contributed by atoms with E-state index in [1.54, 1.807) is 24.4 Å². The summed E-state index contributed by atoms with van der Waals surface area (Å²) < 4.78 is 19.4. The molecule has 1 aliphatic carbocycles. The normalized spacial score (nSPS) is 18.7. The number of aromatic nitrogens is 1. The first-order valence-electron chi connectivity index (χ1n) is 7.31. The van der Waals surface area contributed by atoms with Crippen LogP contribution in [0.15, 0.2) is 42.6 Å². The van der Waals surface area contributed by atoms with E-state index in [4.69, 9.17) is 4.74 Å². The van der Waals surface area contributed by atoms with Crippen molar-refractivity contribution >= 4 is 11.6 Å². The van der Waals surface area contributed by atoms with Gasteiger partial charge in [0.1, 0.15) is 12.5 Å². The van der Waals surface area contributed by atoms with Crippen LogP contribution in [0.3, 0.4) is 0 Å². The van der Waals surface area contributed by atoms with Gasteiger partial charge in [-0.3, -0.25) is 19.9 Å². The summed E-state index contributed by atoms with van der Waals surface area (Å²) in [6.07, 6.45) is 1.83. The molecule has 1 aliphatic rings. The molecule has 0 bridgehead atoms. The fourth-order valence-corrected chi connectivity index (χ4v) is 2.26. The molecule has 8 heteroatoms. The predicted octanol–water partition coefficient (Wildman–Crippen LogP) is 2.40. The molecule has 3 rings (SSSR count). The van der Waals surface area contributed by atoms with Crippen LogP contribution >= 0.6 is 0 Å². The van der Waals surface area contributed by atoms with Crippen molar-refractivity contribution in [3.05, 3.63) is 64.2 Å². The summed E-state index contributed by atoms with van der Waals surface area (Å²) in [5, 5.41) is 13.0. The van der Waals surface area contributed by atoms with Gasteiger partial charge in [0, 0.05) is 29.3 Å². The van der Waals surface area contributed by atoms with E-state index < -0.39 is 28.6 Å². The first-order valence-corrected chi connectivity index (χ1v) is 7.31. The Hall–Kier alpha value is -3.03. The van der Waals surface area contributed by atoms with Gasteiger partial charge < -0.3 is 10.1 Å². The summed E-state index contributed by atoms with van der Waals surface area (Å²) in [6, 6.07) is 8.49. The quantitative estimate of drug-likeness (QED) is 0.648. The number of pyridine rings is 1. The van der Waals surface area contributed by atoms with Crippen molar-refractivity contribution in [3.63, 3.8) is 0 Å². The maximum atomic E-state index is 14.0. The Morgan fingerprint density at radius 1 is 1.42 bits per heavy atom. The molecule has 1 fully saturated rings. The highest BCUT2D eigenvalue weighted by Crippen LogP contribution is 2.34. The Morgan fingerprint density at radius 2 is 2.25 bits per heavy atom. The zero-order chi connectivity index (χ0) is 17.1. The molecule has 2 aromatic rings. The Morgan fingerprint density at radius 3 is 2.88 bits per heavy atom. The summed E-state index contributed by atoms with van der Waals surface area (Å²) in [7, 11) is 0. The lowest BCUT2D eigenvalue weighted by Crippen LogP contribution is -2.18. The van der Waals surface area contributed by atoms with Crippen molar-refractivity contribution in [1.82, 2.24) is 4.98 Å². The van der Waals surface area contributed by atoms with Crippen LogP contribution < -0.4 is 10.1 Å². The molecule has 1 saturated carbocycles. The first-order chi connectivity index (χ1) is 11.5. The molecule has 0 unspecified atom stereocenters. The van der Waals surface area contributed by atoms with Gasteiger partial charge in [0.15, 0.2) is 11.6 Å². The molecule has 1 amide bonds. The number of nitrogens with one attached hydrogen (secondary N) is 1. The average molecular weight is 331 g/mol. The van der Waals surface area contributed by atoms with Crippen LogP contribution in [0.2, 0.25) is 0 Å². The molecule has 2 atom stereocenters. The number of amides is 1. The van der Waals surface area contributed by atoms with Crippen molar-refractivity contribution in [2.75, 3.05) is 5.32 Å². The minimum atomic E-state index is -0.837. The van der Waals surface area contributed by atoms with Crippen LogP contribution in [0.5, 0.6) is 5.75 Å². The highest BCUT2D eigenvalue weighted by Gasteiger charge is 2.53. The van der Waals surface area contributed by atoms with Crippen LogP contribution in [-0.4, -0.2) is 21.9 Å². The Bertz CT molecular complexity index is 769. The van der Waals surface area contributed by atoms with E-state index in [1.807, 2.05) is 0 Å². The largest absolute Gasteiger partial charge is 0.484 e. The minimum absolute atomic E-state index is 0.0354. The number of hydrogen-bond donors (Lipinski definition) is 1. The average Bonchev–Trinajstić information content (AvgIpc) is 3.36. The molecule has 1 aromatic heterocycles. The van der Waals surface area contributed by atoms with Crippen molar-refractivity contribution in [2.24, 2.45) is 5.92 Å². The molecular formula is C16H14FN3O4. The van der Waals surface area contributed by atoms with Gasteiger partial charge in [-0.2, -0.15) is 0 Å². The second kappa shape index (κ2) is 6.61. The topological polar surface area (TPSA) is 94.4 Å². The summed E-state index contributed by atoms with van der Waals surface area (Å²) in [6.45, 7) is 0.121. The third-order valence-electron chi connectivity index (χ3n) is 3.67. The van der Waals surface area contributed by atoms with Crippen LogP contribution in [0.25, 0.3) is 0 Å². The van der Waals surface area contributed by atoms with Gasteiger partial charge in [-0.1, -0.05) is 6.07 Å². The number of halogens is 1. The lowest BCUT2D eigenvalue weighted by atomic mass is 10.2. The highest BCUT2D eigenvalue weighted by molar-refractivity contribution is 5.94. The van der Waals surface area contributed by atoms with Crippen molar-refractivity contribution in [1.29, 1.82) is 0 Å². The first kappa shape index (κ1) is 15.9. The Kier molecular flexibility index (Phi) is 4.37. The van der Waals surface area contributed by atoms with Gasteiger partial charge in [-0.15, -0.1) is 0 Å². The van der Waals surface area contributed by atoms with E-state index in [0.29, 0.717) is 5.69 Å². The van der Waals surface area contributed by atoms with Gasteiger partial charge in [0.25, 0.3) is 0 Å². The third kappa shape index (κ3) is 3.65. The van der Waals surface area contributed by atoms with E-state index >= 15 is 0 Å². The molecule has 7 nitrogen and oxygen atoms in total. The summed E-state index contributed by atoms with van der Waals surface area (Å²) in [4.78, 5) is 26.0. The number of carbonyl (C=O) groups is 1. The smallest absolute Gasteiger partial charge is 0.234 e. The lowest BCUT2D eigenvalue weighted by molar-refractivity contribution is -0.497. The van der Waals surface area contributed by atoms with Crippen LogP contribution in [0.1, 0.15) is 12.1 Å². The number of hydrogen-bond acceptors (Lipinski definition) is 5. The SMILES string of the molecule is O=C(Nc1ccc(OCc2ccccn2)c(F)c1)[C@@H]1C[C@H]1[N+](=O)[O-]. The summed E-state index contributed by atoms with van der Waals surface area (Å²) in [5.41, 5.74) is 0.894. The van der Waals surface area contributed by atoms with Gasteiger partial charge in [-0.25, -0.2) is 4.39 Å². The molecule has 0 saturated heterocycles. The van der Waals surface area contributed by atoms with Gasteiger partial charge in [0.2, 0.25) is 11.9 Å². The molecule has 124 valence electrons. The van der Waals surface area contributed by atoms with E-state index in [0.717, 1.165) is 6.07 Å². The fraction of sp³-hybridized carbons (Fsp3) is 0.250. The summed E-state index contributed by atoms with van der Waals surface area (Å²) in [5.74, 6) is -1.72. The molecule has 1 heterocycles. The Balaban J connectivity index is 1.58.